The number of aryl methyl sites for hydroxylation is 1. The van der Waals surface area contributed by atoms with E-state index in [1.165, 1.54) is 36.9 Å². The highest BCUT2D eigenvalue weighted by Gasteiger charge is 2.20. The van der Waals surface area contributed by atoms with Crippen molar-refractivity contribution in [3.8, 4) is 11.3 Å². The molecular formula is C20H26BrClN2O. The summed E-state index contributed by atoms with van der Waals surface area (Å²) in [5.74, 6) is 0. The fraction of sp³-hybridized carbons (Fsp3) is 0.500. The van der Waals surface area contributed by atoms with E-state index in [0.29, 0.717) is 0 Å². The van der Waals surface area contributed by atoms with Crippen LogP contribution in [-0.2, 0) is 24.1 Å². The van der Waals surface area contributed by atoms with Gasteiger partial charge in [0, 0.05) is 42.0 Å². The number of rotatable bonds is 4. The minimum Gasteiger partial charge on any atom is -0.379 e. The molecule has 0 atom stereocenters. The Kier molecular flexibility index (Phi) is 6.61. The lowest BCUT2D eigenvalue weighted by Crippen LogP contribution is -2.38. The van der Waals surface area contributed by atoms with Crippen LogP contribution in [-0.4, -0.2) is 42.3 Å². The molecule has 4 rings (SSSR count). The Morgan fingerprint density at radius 3 is 2.44 bits per heavy atom. The molecule has 0 amide bonds. The summed E-state index contributed by atoms with van der Waals surface area (Å²) in [5, 5.41) is 0. The van der Waals surface area contributed by atoms with Crippen LogP contribution in [0.25, 0.3) is 11.3 Å². The van der Waals surface area contributed by atoms with Crippen molar-refractivity contribution in [1.29, 1.82) is 0 Å². The fourth-order valence-corrected chi connectivity index (χ4v) is 4.21. The van der Waals surface area contributed by atoms with E-state index in [9.17, 15) is 0 Å². The van der Waals surface area contributed by atoms with Crippen LogP contribution in [0.5, 0.6) is 0 Å². The molecule has 1 aliphatic carbocycles. The summed E-state index contributed by atoms with van der Waals surface area (Å²) in [5.41, 5.74) is 5.87. The number of morpholine rings is 1. The Balaban J connectivity index is 0.00000182. The van der Waals surface area contributed by atoms with Crippen LogP contribution in [0, 0.1) is 0 Å². The molecule has 5 heteroatoms. The molecule has 1 saturated heterocycles. The Hall–Kier alpha value is -0.810. The number of hydrogen-bond donors (Lipinski definition) is 0. The molecule has 0 bridgehead atoms. The average Bonchev–Trinajstić information content (AvgIpc) is 3.00. The summed E-state index contributed by atoms with van der Waals surface area (Å²) in [7, 11) is 0. The molecule has 2 aliphatic rings. The van der Waals surface area contributed by atoms with Crippen LogP contribution in [0.3, 0.4) is 0 Å². The van der Waals surface area contributed by atoms with Crippen LogP contribution in [0.4, 0.5) is 0 Å². The van der Waals surface area contributed by atoms with E-state index in [-0.39, 0.29) is 12.4 Å². The summed E-state index contributed by atoms with van der Waals surface area (Å²) < 4.78 is 9.21. The van der Waals surface area contributed by atoms with Gasteiger partial charge in [0.05, 0.1) is 13.2 Å². The quantitative estimate of drug-likeness (QED) is 0.715. The molecule has 0 radical (unpaired) electrons. The lowest BCUT2D eigenvalue weighted by molar-refractivity contribution is 0.0363. The molecule has 136 valence electrons. The van der Waals surface area contributed by atoms with Crippen LogP contribution < -0.4 is 0 Å². The lowest BCUT2D eigenvalue weighted by atomic mass is 9.98. The van der Waals surface area contributed by atoms with Crippen molar-refractivity contribution in [2.24, 2.45) is 0 Å². The number of aromatic nitrogens is 1. The van der Waals surface area contributed by atoms with E-state index in [1.807, 2.05) is 0 Å². The van der Waals surface area contributed by atoms with Crippen molar-refractivity contribution in [3.05, 3.63) is 46.1 Å². The first-order valence-corrected chi connectivity index (χ1v) is 9.88. The zero-order chi connectivity index (χ0) is 16.4. The molecule has 1 aromatic heterocycles. The van der Waals surface area contributed by atoms with E-state index in [1.54, 1.807) is 11.3 Å². The molecule has 2 heterocycles. The molecule has 3 nitrogen and oxygen atoms in total. The number of hydrogen-bond acceptors (Lipinski definition) is 2. The highest BCUT2D eigenvalue weighted by atomic mass is 79.9. The molecular weight excluding hydrogens is 400 g/mol. The predicted molar refractivity (Wildman–Crippen MR) is 109 cm³/mol. The van der Waals surface area contributed by atoms with Crippen LogP contribution in [0.1, 0.15) is 24.1 Å². The molecule has 0 N–H and O–H groups in total. The number of ether oxygens (including phenoxy) is 1. The summed E-state index contributed by atoms with van der Waals surface area (Å²) >= 11 is 3.55. The predicted octanol–water partition coefficient (Wildman–Crippen LogP) is 4.55. The van der Waals surface area contributed by atoms with Gasteiger partial charge in [-0.05, 0) is 55.0 Å². The maximum absolute atomic E-state index is 5.48. The van der Waals surface area contributed by atoms with Gasteiger partial charge in [-0.25, -0.2) is 0 Å². The third kappa shape index (κ3) is 4.30. The molecule has 1 fully saturated rings. The fourth-order valence-electron chi connectivity index (χ4n) is 3.95. The number of benzene rings is 1. The van der Waals surface area contributed by atoms with Crippen molar-refractivity contribution < 1.29 is 4.74 Å². The highest BCUT2D eigenvalue weighted by Crippen LogP contribution is 2.31. The zero-order valence-corrected chi connectivity index (χ0v) is 16.9. The van der Waals surface area contributed by atoms with Gasteiger partial charge in [-0.15, -0.1) is 12.4 Å². The van der Waals surface area contributed by atoms with E-state index < -0.39 is 0 Å². The van der Waals surface area contributed by atoms with Gasteiger partial charge in [-0.2, -0.15) is 0 Å². The van der Waals surface area contributed by atoms with Crippen LogP contribution in [0.15, 0.2) is 34.8 Å². The Morgan fingerprint density at radius 2 is 1.68 bits per heavy atom. The third-order valence-electron chi connectivity index (χ3n) is 5.29. The monoisotopic (exact) mass is 424 g/mol. The maximum atomic E-state index is 5.48. The average molecular weight is 426 g/mol. The van der Waals surface area contributed by atoms with Gasteiger partial charge in [0.25, 0.3) is 0 Å². The molecule has 25 heavy (non-hydrogen) atoms. The smallest absolute Gasteiger partial charge is 0.0594 e. The summed E-state index contributed by atoms with van der Waals surface area (Å²) in [4.78, 5) is 2.53. The molecule has 0 unspecified atom stereocenters. The standard InChI is InChI=1S/C20H25BrN2O.ClH/c21-18-7-5-16(6-8-18)20-15-17-3-1-2-4-19(17)23(20)10-9-22-11-13-24-14-12-22;/h5-8,15H,1-4,9-14H2;1H. The highest BCUT2D eigenvalue weighted by molar-refractivity contribution is 9.10. The van der Waals surface area contributed by atoms with Crippen molar-refractivity contribution in [3.63, 3.8) is 0 Å². The first kappa shape index (κ1) is 19.0. The summed E-state index contributed by atoms with van der Waals surface area (Å²) in [6.45, 7) is 6.09. The van der Waals surface area contributed by atoms with Gasteiger partial charge in [-0.3, -0.25) is 4.90 Å². The third-order valence-corrected chi connectivity index (χ3v) is 5.82. The number of fused-ring (bicyclic) bond motifs is 1. The second-order valence-corrected chi connectivity index (χ2v) is 7.74. The van der Waals surface area contributed by atoms with E-state index in [4.69, 9.17) is 4.74 Å². The van der Waals surface area contributed by atoms with Crippen LogP contribution in [0.2, 0.25) is 0 Å². The van der Waals surface area contributed by atoms with Crippen molar-refractivity contribution in [2.45, 2.75) is 32.2 Å². The summed E-state index contributed by atoms with van der Waals surface area (Å²) in [6.07, 6.45) is 5.13. The molecule has 1 aliphatic heterocycles. The SMILES string of the molecule is Brc1ccc(-c2cc3c(n2CCN2CCOCC2)CCCC3)cc1.Cl. The van der Waals surface area contributed by atoms with Crippen molar-refractivity contribution in [2.75, 3.05) is 32.8 Å². The van der Waals surface area contributed by atoms with Crippen LogP contribution >= 0.6 is 28.3 Å². The normalized spacial score (nSPS) is 17.8. The first-order valence-electron chi connectivity index (χ1n) is 9.08. The topological polar surface area (TPSA) is 17.4 Å². The second-order valence-electron chi connectivity index (χ2n) is 6.82. The van der Waals surface area contributed by atoms with Gasteiger partial charge in [0.15, 0.2) is 0 Å². The molecule has 0 saturated carbocycles. The Bertz CT molecular complexity index is 692. The molecule has 0 spiro atoms. The lowest BCUT2D eigenvalue weighted by Gasteiger charge is -2.27. The molecule has 1 aromatic carbocycles. The Morgan fingerprint density at radius 1 is 0.960 bits per heavy atom. The van der Waals surface area contributed by atoms with E-state index in [0.717, 1.165) is 43.9 Å². The first-order chi connectivity index (χ1) is 11.8. The van der Waals surface area contributed by atoms with Gasteiger partial charge in [-0.1, -0.05) is 28.1 Å². The van der Waals surface area contributed by atoms with Gasteiger partial charge >= 0.3 is 0 Å². The van der Waals surface area contributed by atoms with Gasteiger partial charge < -0.3 is 9.30 Å². The largest absolute Gasteiger partial charge is 0.379 e. The van der Waals surface area contributed by atoms with E-state index >= 15 is 0 Å². The minimum atomic E-state index is 0. The minimum absolute atomic E-state index is 0. The van der Waals surface area contributed by atoms with E-state index in [2.05, 4.69) is 55.7 Å². The van der Waals surface area contributed by atoms with Gasteiger partial charge in [0.2, 0.25) is 0 Å². The van der Waals surface area contributed by atoms with Crippen molar-refractivity contribution >= 4 is 28.3 Å². The van der Waals surface area contributed by atoms with Gasteiger partial charge in [0.1, 0.15) is 0 Å². The van der Waals surface area contributed by atoms with Crippen molar-refractivity contribution in [1.82, 2.24) is 9.47 Å². The second kappa shape index (κ2) is 8.72. The maximum Gasteiger partial charge on any atom is 0.0594 e. The molecule has 2 aromatic rings. The number of halogens is 2. The summed E-state index contributed by atoms with van der Waals surface area (Å²) in [6, 6.07) is 11.2. The number of nitrogens with zero attached hydrogens (tertiary/aromatic N) is 2. The zero-order valence-electron chi connectivity index (χ0n) is 14.5. The Labute approximate surface area is 164 Å².